The van der Waals surface area contributed by atoms with Gasteiger partial charge in [0.1, 0.15) is 5.41 Å². The van der Waals surface area contributed by atoms with Crippen LogP contribution in [0.2, 0.25) is 0 Å². The van der Waals surface area contributed by atoms with Gasteiger partial charge in [0.2, 0.25) is 5.91 Å². The van der Waals surface area contributed by atoms with Crippen LogP contribution < -0.4 is 5.32 Å². The summed E-state index contributed by atoms with van der Waals surface area (Å²) in [5.41, 5.74) is 0.924. The number of hydrogen-bond donors (Lipinski definition) is 2. The van der Waals surface area contributed by atoms with Gasteiger partial charge in [0.05, 0.1) is 0 Å². The monoisotopic (exact) mass is 394 g/mol. The van der Waals surface area contributed by atoms with E-state index in [0.29, 0.717) is 30.5 Å². The SMILES string of the molecule is CCC(CNC(=O)c1ccc(CN2CCCC2=O)cc1)(C(=O)O)c1ccccc1. The summed E-state index contributed by atoms with van der Waals surface area (Å²) in [6.07, 6.45) is 1.85. The van der Waals surface area contributed by atoms with E-state index in [0.717, 1.165) is 18.5 Å². The quantitative estimate of drug-likeness (QED) is 0.721. The normalized spacial score (nSPS) is 15.8. The molecule has 3 rings (SSSR count). The number of carbonyl (C=O) groups excluding carboxylic acids is 2. The number of rotatable bonds is 8. The predicted molar refractivity (Wildman–Crippen MR) is 109 cm³/mol. The van der Waals surface area contributed by atoms with Crippen molar-refractivity contribution in [3.63, 3.8) is 0 Å². The average molecular weight is 394 g/mol. The van der Waals surface area contributed by atoms with E-state index in [9.17, 15) is 19.5 Å². The van der Waals surface area contributed by atoms with E-state index in [-0.39, 0.29) is 18.4 Å². The van der Waals surface area contributed by atoms with Gasteiger partial charge >= 0.3 is 5.97 Å². The van der Waals surface area contributed by atoms with Crippen molar-refractivity contribution in [1.29, 1.82) is 0 Å². The van der Waals surface area contributed by atoms with Crippen molar-refractivity contribution in [3.05, 3.63) is 71.3 Å². The molecule has 152 valence electrons. The van der Waals surface area contributed by atoms with Gasteiger partial charge in [-0.3, -0.25) is 14.4 Å². The molecule has 1 atom stereocenters. The highest BCUT2D eigenvalue weighted by Crippen LogP contribution is 2.28. The lowest BCUT2D eigenvalue weighted by atomic mass is 9.78. The van der Waals surface area contributed by atoms with Crippen LogP contribution in [0.1, 0.15) is 47.7 Å². The van der Waals surface area contributed by atoms with E-state index in [4.69, 9.17) is 0 Å². The first kappa shape index (κ1) is 20.6. The first-order valence-electron chi connectivity index (χ1n) is 9.90. The summed E-state index contributed by atoms with van der Waals surface area (Å²) in [6, 6.07) is 16.1. The largest absolute Gasteiger partial charge is 0.481 e. The van der Waals surface area contributed by atoms with Crippen LogP contribution in [0.5, 0.6) is 0 Å². The molecule has 0 spiro atoms. The maximum absolute atomic E-state index is 12.6. The third-order valence-corrected chi connectivity index (χ3v) is 5.65. The van der Waals surface area contributed by atoms with Crippen molar-refractivity contribution < 1.29 is 19.5 Å². The predicted octanol–water partition coefficient (Wildman–Crippen LogP) is 2.97. The van der Waals surface area contributed by atoms with Gasteiger partial charge in [-0.05, 0) is 36.1 Å². The number of likely N-dealkylation sites (tertiary alicyclic amines) is 1. The number of carboxylic acids is 1. The molecule has 1 saturated heterocycles. The molecule has 0 bridgehead atoms. The van der Waals surface area contributed by atoms with Gasteiger partial charge in [-0.2, -0.15) is 0 Å². The topological polar surface area (TPSA) is 86.7 Å². The minimum Gasteiger partial charge on any atom is -0.481 e. The molecule has 2 amide bonds. The van der Waals surface area contributed by atoms with Gasteiger partial charge in [-0.1, -0.05) is 49.4 Å². The number of nitrogens with one attached hydrogen (secondary N) is 1. The number of aliphatic carboxylic acids is 1. The molecule has 0 radical (unpaired) electrons. The number of carbonyl (C=O) groups is 3. The molecular formula is C23H26N2O4. The van der Waals surface area contributed by atoms with Crippen molar-refractivity contribution in [2.45, 2.75) is 38.1 Å². The minimum absolute atomic E-state index is 0.00567. The van der Waals surface area contributed by atoms with Crippen molar-refractivity contribution >= 4 is 17.8 Å². The van der Waals surface area contributed by atoms with Crippen molar-refractivity contribution in [2.24, 2.45) is 0 Å². The Hall–Kier alpha value is -3.15. The molecule has 6 heteroatoms. The Labute approximate surface area is 170 Å². The summed E-state index contributed by atoms with van der Waals surface area (Å²) in [7, 11) is 0. The summed E-state index contributed by atoms with van der Waals surface area (Å²) >= 11 is 0. The van der Waals surface area contributed by atoms with Gasteiger partial charge in [-0.25, -0.2) is 0 Å². The summed E-state index contributed by atoms with van der Waals surface area (Å²) < 4.78 is 0. The standard InChI is InChI=1S/C23H26N2O4/c1-2-23(22(28)29,19-7-4-3-5-8-19)16-24-21(27)18-12-10-17(11-13-18)15-25-14-6-9-20(25)26/h3-5,7-8,10-13H,2,6,9,14-16H2,1H3,(H,24,27)(H,28,29). The highest BCUT2D eigenvalue weighted by molar-refractivity contribution is 5.95. The number of benzene rings is 2. The molecule has 2 aromatic carbocycles. The summed E-state index contributed by atoms with van der Waals surface area (Å²) in [4.78, 5) is 38.2. The number of carboxylic acid groups (broad SMARTS) is 1. The van der Waals surface area contributed by atoms with Crippen LogP contribution in [0.3, 0.4) is 0 Å². The van der Waals surface area contributed by atoms with Crippen LogP contribution in [-0.2, 0) is 21.5 Å². The minimum atomic E-state index is -1.17. The molecule has 1 unspecified atom stereocenters. The number of amides is 2. The zero-order valence-corrected chi connectivity index (χ0v) is 16.6. The Balaban J connectivity index is 1.67. The fourth-order valence-electron chi connectivity index (χ4n) is 3.73. The third kappa shape index (κ3) is 4.47. The molecule has 2 N–H and O–H groups in total. The van der Waals surface area contributed by atoms with Crippen LogP contribution in [-0.4, -0.2) is 40.9 Å². The Morgan fingerprint density at radius 1 is 1.10 bits per heavy atom. The van der Waals surface area contributed by atoms with Gasteiger partial charge in [0, 0.05) is 31.6 Å². The Bertz CT molecular complexity index is 880. The number of nitrogens with zero attached hydrogens (tertiary/aromatic N) is 1. The smallest absolute Gasteiger partial charge is 0.315 e. The van der Waals surface area contributed by atoms with Gasteiger partial charge in [-0.15, -0.1) is 0 Å². The Morgan fingerprint density at radius 3 is 2.34 bits per heavy atom. The Morgan fingerprint density at radius 2 is 1.79 bits per heavy atom. The summed E-state index contributed by atoms with van der Waals surface area (Å²) in [6.45, 7) is 3.13. The fraction of sp³-hybridized carbons (Fsp3) is 0.348. The molecule has 6 nitrogen and oxygen atoms in total. The lowest BCUT2D eigenvalue weighted by Gasteiger charge is -2.29. The molecular weight excluding hydrogens is 368 g/mol. The zero-order chi connectivity index (χ0) is 20.9. The first-order chi connectivity index (χ1) is 14.0. The van der Waals surface area contributed by atoms with Crippen molar-refractivity contribution in [1.82, 2.24) is 10.2 Å². The van der Waals surface area contributed by atoms with Crippen LogP contribution >= 0.6 is 0 Å². The molecule has 29 heavy (non-hydrogen) atoms. The molecule has 1 aliphatic heterocycles. The maximum Gasteiger partial charge on any atom is 0.315 e. The second kappa shape index (κ2) is 8.90. The molecule has 0 saturated carbocycles. The van der Waals surface area contributed by atoms with E-state index < -0.39 is 11.4 Å². The Kier molecular flexibility index (Phi) is 6.32. The maximum atomic E-state index is 12.6. The van der Waals surface area contributed by atoms with E-state index in [1.54, 1.807) is 36.4 Å². The number of hydrogen-bond acceptors (Lipinski definition) is 3. The highest BCUT2D eigenvalue weighted by atomic mass is 16.4. The molecule has 2 aromatic rings. The van der Waals surface area contributed by atoms with Crippen molar-refractivity contribution in [2.75, 3.05) is 13.1 Å². The fourth-order valence-corrected chi connectivity index (χ4v) is 3.73. The van der Waals surface area contributed by atoms with Crippen LogP contribution in [0, 0.1) is 0 Å². The molecule has 1 heterocycles. The third-order valence-electron chi connectivity index (χ3n) is 5.65. The summed E-state index contributed by atoms with van der Waals surface area (Å²) in [5.74, 6) is -1.11. The highest BCUT2D eigenvalue weighted by Gasteiger charge is 2.39. The van der Waals surface area contributed by atoms with Crippen LogP contribution in [0.15, 0.2) is 54.6 Å². The molecule has 1 fully saturated rings. The van der Waals surface area contributed by atoms with E-state index in [1.165, 1.54) is 0 Å². The van der Waals surface area contributed by atoms with Crippen LogP contribution in [0.4, 0.5) is 0 Å². The van der Waals surface area contributed by atoms with Gasteiger partial charge in [0.15, 0.2) is 0 Å². The first-order valence-corrected chi connectivity index (χ1v) is 9.90. The molecule has 0 aliphatic carbocycles. The lowest BCUT2D eigenvalue weighted by Crippen LogP contribution is -2.46. The summed E-state index contributed by atoms with van der Waals surface area (Å²) in [5, 5.41) is 12.7. The molecule has 0 aromatic heterocycles. The van der Waals surface area contributed by atoms with Gasteiger partial charge in [0.25, 0.3) is 5.91 Å². The van der Waals surface area contributed by atoms with Crippen LogP contribution in [0.25, 0.3) is 0 Å². The lowest BCUT2D eigenvalue weighted by molar-refractivity contribution is -0.143. The van der Waals surface area contributed by atoms with E-state index in [1.807, 2.05) is 30.0 Å². The zero-order valence-electron chi connectivity index (χ0n) is 16.6. The van der Waals surface area contributed by atoms with E-state index >= 15 is 0 Å². The van der Waals surface area contributed by atoms with E-state index in [2.05, 4.69) is 5.32 Å². The van der Waals surface area contributed by atoms with Crippen molar-refractivity contribution in [3.8, 4) is 0 Å². The van der Waals surface area contributed by atoms with Gasteiger partial charge < -0.3 is 15.3 Å². The second-order valence-corrected chi connectivity index (χ2v) is 7.41. The average Bonchev–Trinajstić information content (AvgIpc) is 3.14. The second-order valence-electron chi connectivity index (χ2n) is 7.41. The molecule has 1 aliphatic rings.